The number of amides is 1. The molecule has 0 unspecified atom stereocenters. The quantitative estimate of drug-likeness (QED) is 0.313. The minimum Gasteiger partial charge on any atom is -0.444 e. The third-order valence-corrected chi connectivity index (χ3v) is 6.79. The van der Waals surface area contributed by atoms with E-state index in [4.69, 9.17) is 4.74 Å². The van der Waals surface area contributed by atoms with Gasteiger partial charge in [-0.25, -0.2) is 4.79 Å². The first-order valence-electron chi connectivity index (χ1n) is 12.6. The largest absolute Gasteiger partial charge is 0.444 e. The van der Waals surface area contributed by atoms with Crippen LogP contribution in [0, 0.1) is 0 Å². The molecule has 0 spiro atoms. The number of ether oxygens (including phenoxy) is 1. The number of benzene rings is 3. The van der Waals surface area contributed by atoms with Gasteiger partial charge in [-0.2, -0.15) is 0 Å². The van der Waals surface area contributed by atoms with Crippen LogP contribution in [0.25, 0.3) is 22.0 Å². The second-order valence-corrected chi connectivity index (χ2v) is 10.5. The summed E-state index contributed by atoms with van der Waals surface area (Å²) in [4.78, 5) is 14.4. The maximum Gasteiger partial charge on any atom is 0.410 e. The summed E-state index contributed by atoms with van der Waals surface area (Å²) in [5, 5.41) is 1.32. The van der Waals surface area contributed by atoms with E-state index in [9.17, 15) is 4.79 Å². The molecule has 1 aromatic heterocycles. The van der Waals surface area contributed by atoms with Crippen molar-refractivity contribution in [2.45, 2.75) is 51.7 Å². The first-order chi connectivity index (χ1) is 16.9. The number of piperidine rings is 1. The average Bonchev–Trinajstić information content (AvgIpc) is 3.22. The summed E-state index contributed by atoms with van der Waals surface area (Å²) in [5.74, 6) is 0.440. The number of aromatic nitrogens is 1. The normalized spacial score (nSPS) is 14.9. The maximum absolute atomic E-state index is 12.5. The van der Waals surface area contributed by atoms with Gasteiger partial charge < -0.3 is 14.2 Å². The number of hydrogen-bond donors (Lipinski definition) is 0. The summed E-state index contributed by atoms with van der Waals surface area (Å²) in [5.41, 5.74) is 5.97. The second kappa shape index (κ2) is 9.61. The minimum atomic E-state index is -0.459. The van der Waals surface area contributed by atoms with E-state index in [1.54, 1.807) is 0 Å². The molecule has 1 saturated heterocycles. The van der Waals surface area contributed by atoms with Crippen LogP contribution in [0.15, 0.2) is 85.1 Å². The number of carbonyl (C=O) groups is 1. The van der Waals surface area contributed by atoms with Crippen molar-refractivity contribution in [2.24, 2.45) is 0 Å². The van der Waals surface area contributed by atoms with Crippen molar-refractivity contribution in [3.63, 3.8) is 0 Å². The molecular weight excluding hydrogens is 432 g/mol. The van der Waals surface area contributed by atoms with Gasteiger partial charge in [0.1, 0.15) is 5.60 Å². The lowest BCUT2D eigenvalue weighted by molar-refractivity contribution is 0.0205. The molecule has 0 N–H and O–H groups in total. The van der Waals surface area contributed by atoms with Gasteiger partial charge in [-0.15, -0.1) is 0 Å². The van der Waals surface area contributed by atoms with E-state index < -0.39 is 5.60 Å². The third kappa shape index (κ3) is 5.27. The fourth-order valence-electron chi connectivity index (χ4n) is 5.11. The second-order valence-electron chi connectivity index (χ2n) is 10.5. The first-order valence-corrected chi connectivity index (χ1v) is 12.6. The molecule has 2 heterocycles. The van der Waals surface area contributed by atoms with Crippen molar-refractivity contribution in [3.8, 4) is 11.1 Å². The Labute approximate surface area is 208 Å². The molecule has 4 heteroatoms. The van der Waals surface area contributed by atoms with Gasteiger partial charge in [0.2, 0.25) is 0 Å². The van der Waals surface area contributed by atoms with E-state index in [2.05, 4.69) is 89.6 Å². The highest BCUT2D eigenvalue weighted by Crippen LogP contribution is 2.35. The topological polar surface area (TPSA) is 34.5 Å². The fourth-order valence-corrected chi connectivity index (χ4v) is 5.11. The number of nitrogens with zero attached hydrogens (tertiary/aromatic N) is 2. The Hall–Kier alpha value is -3.53. The molecule has 0 aliphatic carbocycles. The Balaban J connectivity index is 1.36. The van der Waals surface area contributed by atoms with Gasteiger partial charge in [-0.3, -0.25) is 0 Å². The Bertz CT molecular complexity index is 1310. The van der Waals surface area contributed by atoms with Crippen LogP contribution >= 0.6 is 0 Å². The number of fused-ring (bicyclic) bond motifs is 1. The highest BCUT2D eigenvalue weighted by atomic mass is 16.6. The van der Waals surface area contributed by atoms with E-state index in [-0.39, 0.29) is 6.09 Å². The van der Waals surface area contributed by atoms with Crippen LogP contribution in [0.1, 0.15) is 50.7 Å². The molecule has 1 aliphatic heterocycles. The Kier molecular flexibility index (Phi) is 6.38. The van der Waals surface area contributed by atoms with Gasteiger partial charge in [0.15, 0.2) is 0 Å². The van der Waals surface area contributed by atoms with E-state index in [0.717, 1.165) is 32.5 Å². The lowest BCUT2D eigenvalue weighted by Gasteiger charge is -2.33. The zero-order chi connectivity index (χ0) is 24.4. The number of hydrogen-bond acceptors (Lipinski definition) is 2. The standard InChI is InChI=1S/C31H34N2O2/c1-31(2,3)35-30(34)32-18-16-25(17-19-32)28-22-33(29-15-8-7-14-27(28)29)21-23-10-9-13-26(20-23)24-11-5-4-6-12-24/h4-15,20,22,25H,16-19,21H2,1-3H3. The summed E-state index contributed by atoms with van der Waals surface area (Å²) in [6.07, 6.45) is 4.05. The molecule has 0 radical (unpaired) electrons. The number of likely N-dealkylation sites (tertiary alicyclic amines) is 1. The molecule has 4 aromatic rings. The van der Waals surface area contributed by atoms with Gasteiger partial charge in [0.05, 0.1) is 0 Å². The highest BCUT2D eigenvalue weighted by Gasteiger charge is 2.29. The predicted molar refractivity (Wildman–Crippen MR) is 143 cm³/mol. The van der Waals surface area contributed by atoms with E-state index in [1.165, 1.54) is 33.2 Å². The van der Waals surface area contributed by atoms with Crippen LogP contribution in [0.4, 0.5) is 4.79 Å². The van der Waals surface area contributed by atoms with Crippen LogP contribution in [0.3, 0.4) is 0 Å². The zero-order valence-corrected chi connectivity index (χ0v) is 20.9. The van der Waals surface area contributed by atoms with Crippen molar-refractivity contribution in [2.75, 3.05) is 13.1 Å². The van der Waals surface area contributed by atoms with Crippen molar-refractivity contribution < 1.29 is 9.53 Å². The van der Waals surface area contributed by atoms with Crippen LogP contribution < -0.4 is 0 Å². The molecule has 0 bridgehead atoms. The van der Waals surface area contributed by atoms with Gasteiger partial charge in [0, 0.05) is 36.7 Å². The number of para-hydroxylation sites is 1. The van der Waals surface area contributed by atoms with Crippen LogP contribution in [0.2, 0.25) is 0 Å². The molecule has 180 valence electrons. The van der Waals surface area contributed by atoms with Crippen LogP contribution in [0.5, 0.6) is 0 Å². The monoisotopic (exact) mass is 466 g/mol. The van der Waals surface area contributed by atoms with Gasteiger partial charge in [-0.1, -0.05) is 66.7 Å². The first kappa shape index (κ1) is 23.2. The zero-order valence-electron chi connectivity index (χ0n) is 20.9. The minimum absolute atomic E-state index is 0.198. The average molecular weight is 467 g/mol. The van der Waals surface area contributed by atoms with Crippen LogP contribution in [-0.2, 0) is 11.3 Å². The Morgan fingerprint density at radius 1 is 0.886 bits per heavy atom. The lowest BCUT2D eigenvalue weighted by Crippen LogP contribution is -2.41. The molecule has 0 atom stereocenters. The van der Waals surface area contributed by atoms with E-state index in [0.29, 0.717) is 5.92 Å². The SMILES string of the molecule is CC(C)(C)OC(=O)N1CCC(c2cn(Cc3cccc(-c4ccccc4)c3)c3ccccc23)CC1. The molecule has 1 aliphatic rings. The van der Waals surface area contributed by atoms with Gasteiger partial charge >= 0.3 is 6.09 Å². The summed E-state index contributed by atoms with van der Waals surface area (Å²) in [6, 6.07) is 28.1. The molecular formula is C31H34N2O2. The lowest BCUT2D eigenvalue weighted by atomic mass is 9.89. The van der Waals surface area contributed by atoms with E-state index >= 15 is 0 Å². The summed E-state index contributed by atoms with van der Waals surface area (Å²) in [7, 11) is 0. The molecule has 3 aromatic carbocycles. The maximum atomic E-state index is 12.5. The Morgan fingerprint density at radius 2 is 1.57 bits per heavy atom. The summed E-state index contributed by atoms with van der Waals surface area (Å²) in [6.45, 7) is 8.06. The number of rotatable bonds is 4. The van der Waals surface area contributed by atoms with Crippen molar-refractivity contribution in [1.29, 1.82) is 0 Å². The van der Waals surface area contributed by atoms with Crippen molar-refractivity contribution in [1.82, 2.24) is 9.47 Å². The van der Waals surface area contributed by atoms with Gasteiger partial charge in [-0.05, 0) is 73.9 Å². The highest BCUT2D eigenvalue weighted by molar-refractivity contribution is 5.84. The molecule has 1 fully saturated rings. The third-order valence-electron chi connectivity index (χ3n) is 6.79. The molecule has 35 heavy (non-hydrogen) atoms. The predicted octanol–water partition coefficient (Wildman–Crippen LogP) is 7.47. The Morgan fingerprint density at radius 3 is 2.31 bits per heavy atom. The molecule has 5 rings (SSSR count). The fraction of sp³-hybridized carbons (Fsp3) is 0.323. The van der Waals surface area contributed by atoms with Crippen molar-refractivity contribution in [3.05, 3.63) is 96.2 Å². The molecule has 1 amide bonds. The van der Waals surface area contributed by atoms with E-state index in [1.807, 2.05) is 25.7 Å². The molecule has 0 saturated carbocycles. The smallest absolute Gasteiger partial charge is 0.410 e. The summed E-state index contributed by atoms with van der Waals surface area (Å²) < 4.78 is 7.97. The van der Waals surface area contributed by atoms with Crippen LogP contribution in [-0.4, -0.2) is 34.3 Å². The summed E-state index contributed by atoms with van der Waals surface area (Å²) >= 11 is 0. The molecule has 4 nitrogen and oxygen atoms in total. The van der Waals surface area contributed by atoms with Gasteiger partial charge in [0.25, 0.3) is 0 Å². The van der Waals surface area contributed by atoms with Crippen molar-refractivity contribution >= 4 is 17.0 Å². The number of carbonyl (C=O) groups excluding carboxylic acids is 1.